The van der Waals surface area contributed by atoms with E-state index in [0.29, 0.717) is 13.0 Å². The number of hydrogen-bond acceptors (Lipinski definition) is 4. The van der Waals surface area contributed by atoms with E-state index >= 15 is 0 Å². The smallest absolute Gasteiger partial charge is 0.310 e. The fourth-order valence-corrected chi connectivity index (χ4v) is 3.07. The maximum atomic E-state index is 12.2. The number of aromatic nitrogens is 2. The first kappa shape index (κ1) is 18.9. The second-order valence-electron chi connectivity index (χ2n) is 6.61. The summed E-state index contributed by atoms with van der Waals surface area (Å²) in [5.74, 6) is -0.510. The maximum Gasteiger partial charge on any atom is 0.310 e. The molecule has 0 aliphatic rings. The molecule has 1 aromatic heterocycles. The van der Waals surface area contributed by atoms with Crippen molar-refractivity contribution in [1.82, 2.24) is 15.5 Å². The Morgan fingerprint density at radius 1 is 1.11 bits per heavy atom. The number of hydrogen-bond donors (Lipinski definition) is 2. The minimum atomic E-state index is -0.287. The van der Waals surface area contributed by atoms with Crippen molar-refractivity contribution in [2.24, 2.45) is 5.92 Å². The molecule has 2 aromatic carbocycles. The van der Waals surface area contributed by atoms with Crippen molar-refractivity contribution in [2.45, 2.75) is 19.4 Å². The number of H-pyrrole nitrogens is 1. The number of ether oxygens (including phenoxy) is 1. The molecule has 2 N–H and O–H groups in total. The third-order valence-corrected chi connectivity index (χ3v) is 4.67. The van der Waals surface area contributed by atoms with Crippen LogP contribution in [0.1, 0.15) is 24.2 Å². The zero-order valence-electron chi connectivity index (χ0n) is 15.7. The molecule has 0 spiro atoms. The molecular weight excluding hydrogens is 338 g/mol. The summed E-state index contributed by atoms with van der Waals surface area (Å²) in [7, 11) is 1.43. The quantitative estimate of drug-likeness (QED) is 0.598. The monoisotopic (exact) mass is 363 g/mol. The summed E-state index contributed by atoms with van der Waals surface area (Å²) in [5.41, 5.74) is 4.03. The van der Waals surface area contributed by atoms with E-state index in [1.165, 1.54) is 12.7 Å². The normalized spacial score (nSPS) is 13.1. The van der Waals surface area contributed by atoms with Crippen LogP contribution in [0.2, 0.25) is 0 Å². The first-order valence-corrected chi connectivity index (χ1v) is 9.13. The molecule has 0 bridgehead atoms. The van der Waals surface area contributed by atoms with E-state index in [2.05, 4.69) is 34.6 Å². The number of benzene rings is 2. The Morgan fingerprint density at radius 2 is 1.78 bits per heavy atom. The van der Waals surface area contributed by atoms with E-state index in [1.807, 2.05) is 54.6 Å². The zero-order valence-corrected chi connectivity index (χ0v) is 15.7. The Hall–Kier alpha value is -2.92. The lowest BCUT2D eigenvalue weighted by Gasteiger charge is -2.19. The van der Waals surface area contributed by atoms with Crippen LogP contribution in [0.15, 0.2) is 66.7 Å². The highest BCUT2D eigenvalue weighted by molar-refractivity contribution is 5.73. The lowest BCUT2D eigenvalue weighted by atomic mass is 10.0. The van der Waals surface area contributed by atoms with Gasteiger partial charge in [0.2, 0.25) is 0 Å². The zero-order chi connectivity index (χ0) is 19.1. The summed E-state index contributed by atoms with van der Waals surface area (Å²) in [6, 6.07) is 22.3. The Balaban J connectivity index is 1.65. The summed E-state index contributed by atoms with van der Waals surface area (Å²) < 4.78 is 5.00. The van der Waals surface area contributed by atoms with E-state index in [4.69, 9.17) is 4.74 Å². The van der Waals surface area contributed by atoms with Crippen LogP contribution in [0.5, 0.6) is 0 Å². The van der Waals surface area contributed by atoms with Gasteiger partial charge in [-0.05, 0) is 18.6 Å². The van der Waals surface area contributed by atoms with Gasteiger partial charge < -0.3 is 10.1 Å². The fourth-order valence-electron chi connectivity index (χ4n) is 3.07. The standard InChI is InChI=1S/C22H25N3O2/c1-16(17-9-5-3-6-10-17)23-15-19(22(26)27-2)13-20-14-21(25-24-20)18-11-7-4-8-12-18/h3-12,14,16,19,23H,13,15H2,1-2H3,(H,24,25)/t16-,19-/m0/s1. The van der Waals surface area contributed by atoms with Gasteiger partial charge in [0.15, 0.2) is 0 Å². The van der Waals surface area contributed by atoms with Gasteiger partial charge in [0, 0.05) is 30.3 Å². The van der Waals surface area contributed by atoms with Crippen LogP contribution in [-0.4, -0.2) is 29.8 Å². The molecule has 0 saturated heterocycles. The van der Waals surface area contributed by atoms with Gasteiger partial charge in [-0.2, -0.15) is 5.10 Å². The van der Waals surface area contributed by atoms with Crippen LogP contribution in [0.3, 0.4) is 0 Å². The molecule has 3 aromatic rings. The maximum absolute atomic E-state index is 12.2. The average Bonchev–Trinajstić information content (AvgIpc) is 3.20. The number of methoxy groups -OCH3 is 1. The molecule has 5 heteroatoms. The average molecular weight is 363 g/mol. The van der Waals surface area contributed by atoms with Gasteiger partial charge in [-0.3, -0.25) is 9.89 Å². The van der Waals surface area contributed by atoms with Crippen molar-refractivity contribution in [1.29, 1.82) is 0 Å². The van der Waals surface area contributed by atoms with Crippen molar-refractivity contribution in [3.63, 3.8) is 0 Å². The van der Waals surface area contributed by atoms with Gasteiger partial charge in [0.05, 0.1) is 18.7 Å². The van der Waals surface area contributed by atoms with E-state index in [-0.39, 0.29) is 17.9 Å². The number of carbonyl (C=O) groups excluding carboxylic acids is 1. The largest absolute Gasteiger partial charge is 0.469 e. The number of aromatic amines is 1. The molecule has 0 amide bonds. The molecule has 0 aliphatic carbocycles. The molecule has 0 fully saturated rings. The lowest BCUT2D eigenvalue weighted by Crippen LogP contribution is -2.32. The Labute approximate surface area is 159 Å². The van der Waals surface area contributed by atoms with Gasteiger partial charge in [0.25, 0.3) is 0 Å². The number of rotatable bonds is 8. The topological polar surface area (TPSA) is 67.0 Å². The van der Waals surface area contributed by atoms with Crippen LogP contribution in [0, 0.1) is 5.92 Å². The van der Waals surface area contributed by atoms with Crippen LogP contribution >= 0.6 is 0 Å². The fraction of sp³-hybridized carbons (Fsp3) is 0.273. The minimum Gasteiger partial charge on any atom is -0.469 e. The molecule has 0 unspecified atom stereocenters. The summed E-state index contributed by atoms with van der Waals surface area (Å²) >= 11 is 0. The molecule has 140 valence electrons. The number of nitrogens with one attached hydrogen (secondary N) is 2. The minimum absolute atomic E-state index is 0.153. The van der Waals surface area contributed by atoms with E-state index < -0.39 is 0 Å². The van der Waals surface area contributed by atoms with Crippen LogP contribution in [0.4, 0.5) is 0 Å². The highest BCUT2D eigenvalue weighted by Crippen LogP contribution is 2.19. The van der Waals surface area contributed by atoms with Gasteiger partial charge in [-0.25, -0.2) is 0 Å². The Morgan fingerprint density at radius 3 is 2.44 bits per heavy atom. The molecule has 0 saturated carbocycles. The molecular formula is C22H25N3O2. The number of carbonyl (C=O) groups is 1. The van der Waals surface area contributed by atoms with Crippen molar-refractivity contribution >= 4 is 5.97 Å². The van der Waals surface area contributed by atoms with Crippen LogP contribution in [-0.2, 0) is 16.0 Å². The molecule has 1 heterocycles. The summed E-state index contributed by atoms with van der Waals surface area (Å²) in [6.45, 7) is 2.62. The Kier molecular flexibility index (Phi) is 6.39. The molecule has 3 rings (SSSR count). The molecule has 2 atom stereocenters. The van der Waals surface area contributed by atoms with E-state index in [1.54, 1.807) is 0 Å². The van der Waals surface area contributed by atoms with Gasteiger partial charge in [0.1, 0.15) is 0 Å². The number of nitrogens with zero attached hydrogens (tertiary/aromatic N) is 1. The predicted octanol–water partition coefficient (Wildman–Crippen LogP) is 3.76. The first-order chi connectivity index (χ1) is 13.2. The molecule has 0 aliphatic heterocycles. The summed E-state index contributed by atoms with van der Waals surface area (Å²) in [4.78, 5) is 12.2. The summed E-state index contributed by atoms with van der Waals surface area (Å²) in [5, 5.41) is 10.9. The third-order valence-electron chi connectivity index (χ3n) is 4.67. The summed E-state index contributed by atoms with van der Waals surface area (Å²) in [6.07, 6.45) is 0.543. The lowest BCUT2D eigenvalue weighted by molar-refractivity contribution is -0.145. The van der Waals surface area contributed by atoms with Gasteiger partial charge >= 0.3 is 5.97 Å². The molecule has 5 nitrogen and oxygen atoms in total. The number of esters is 1. The second kappa shape index (κ2) is 9.14. The van der Waals surface area contributed by atoms with Crippen molar-refractivity contribution < 1.29 is 9.53 Å². The van der Waals surface area contributed by atoms with Gasteiger partial charge in [-0.1, -0.05) is 60.7 Å². The molecule has 0 radical (unpaired) electrons. The third kappa shape index (κ3) is 5.05. The second-order valence-corrected chi connectivity index (χ2v) is 6.61. The van der Waals surface area contributed by atoms with E-state index in [9.17, 15) is 4.79 Å². The first-order valence-electron chi connectivity index (χ1n) is 9.13. The van der Waals surface area contributed by atoms with Crippen molar-refractivity contribution in [3.05, 3.63) is 78.0 Å². The van der Waals surface area contributed by atoms with Crippen LogP contribution in [0.25, 0.3) is 11.3 Å². The molecule has 27 heavy (non-hydrogen) atoms. The SMILES string of the molecule is COC(=O)[C@H](CN[C@@H](C)c1ccccc1)Cc1cc(-c2ccccc2)n[nH]1. The van der Waals surface area contributed by atoms with Crippen molar-refractivity contribution in [2.75, 3.05) is 13.7 Å². The Bertz CT molecular complexity index is 846. The van der Waals surface area contributed by atoms with Gasteiger partial charge in [-0.15, -0.1) is 0 Å². The van der Waals surface area contributed by atoms with Crippen LogP contribution < -0.4 is 5.32 Å². The van der Waals surface area contributed by atoms with Crippen molar-refractivity contribution in [3.8, 4) is 11.3 Å². The predicted molar refractivity (Wildman–Crippen MR) is 106 cm³/mol. The highest BCUT2D eigenvalue weighted by Gasteiger charge is 2.22. The highest BCUT2D eigenvalue weighted by atomic mass is 16.5. The van der Waals surface area contributed by atoms with E-state index in [0.717, 1.165) is 17.0 Å².